The van der Waals surface area contributed by atoms with Crippen molar-refractivity contribution in [3.63, 3.8) is 0 Å². The largest absolute Gasteiger partial charge is 0.494 e. The Morgan fingerprint density at radius 2 is 1.40 bits per heavy atom. The molecular weight excluding hydrogens is 496 g/mol. The van der Waals surface area contributed by atoms with Crippen molar-refractivity contribution in [2.24, 2.45) is 0 Å². The van der Waals surface area contributed by atoms with Crippen LogP contribution in [0.5, 0.6) is 17.6 Å². The zero-order chi connectivity index (χ0) is 25.5. The summed E-state index contributed by atoms with van der Waals surface area (Å²) in [7, 11) is -5.21. The first-order valence-electron chi connectivity index (χ1n) is 10.5. The molecule has 11 nitrogen and oxygen atoms in total. The van der Waals surface area contributed by atoms with E-state index in [4.69, 9.17) is 14.2 Å². The molecular formula is C22H26N4O7S2. The van der Waals surface area contributed by atoms with E-state index >= 15 is 0 Å². The van der Waals surface area contributed by atoms with Crippen molar-refractivity contribution in [1.29, 1.82) is 0 Å². The molecule has 0 bridgehead atoms. The van der Waals surface area contributed by atoms with Gasteiger partial charge in [-0.25, -0.2) is 16.8 Å². The van der Waals surface area contributed by atoms with Gasteiger partial charge in [0.15, 0.2) is 5.82 Å². The second-order valence-corrected chi connectivity index (χ2v) is 10.6. The molecule has 1 heterocycles. The van der Waals surface area contributed by atoms with Crippen molar-refractivity contribution in [3.05, 3.63) is 54.6 Å². The number of aromatic nitrogens is 2. The summed E-state index contributed by atoms with van der Waals surface area (Å²) in [5, 5.41) is 0. The van der Waals surface area contributed by atoms with Gasteiger partial charge in [-0.15, -0.1) is 0 Å². The first kappa shape index (κ1) is 26.0. The zero-order valence-electron chi connectivity index (χ0n) is 19.4. The Morgan fingerprint density at radius 3 is 1.97 bits per heavy atom. The van der Waals surface area contributed by atoms with Gasteiger partial charge in [0.05, 0.1) is 30.6 Å². The summed E-state index contributed by atoms with van der Waals surface area (Å²) in [4.78, 5) is 7.78. The minimum Gasteiger partial charge on any atom is -0.494 e. The van der Waals surface area contributed by atoms with Crippen molar-refractivity contribution in [2.45, 2.75) is 29.6 Å². The van der Waals surface area contributed by atoms with Crippen LogP contribution >= 0.6 is 0 Å². The molecule has 0 aliphatic rings. The second kappa shape index (κ2) is 11.2. The van der Waals surface area contributed by atoms with E-state index < -0.39 is 20.0 Å². The summed E-state index contributed by atoms with van der Waals surface area (Å²) in [6.45, 7) is 2.61. The lowest BCUT2D eigenvalue weighted by atomic mass is 10.3. The molecule has 0 unspecified atom stereocenters. The van der Waals surface area contributed by atoms with Crippen molar-refractivity contribution in [2.75, 3.05) is 30.3 Å². The average Bonchev–Trinajstić information content (AvgIpc) is 2.84. The molecule has 0 saturated carbocycles. The van der Waals surface area contributed by atoms with Crippen LogP contribution in [0.25, 0.3) is 0 Å². The van der Waals surface area contributed by atoms with Crippen LogP contribution < -0.4 is 23.7 Å². The van der Waals surface area contributed by atoms with Crippen molar-refractivity contribution >= 4 is 31.6 Å². The molecule has 2 N–H and O–H groups in total. The van der Waals surface area contributed by atoms with Crippen LogP contribution in [0.2, 0.25) is 0 Å². The highest BCUT2D eigenvalue weighted by Crippen LogP contribution is 2.23. The SMILES string of the molecule is CCCCOc1ccc(S(=O)(=O)Nc2ccc(S(=O)(=O)Nc3cc(OC)nc(OC)n3)cc2)cc1. The van der Waals surface area contributed by atoms with Crippen molar-refractivity contribution < 1.29 is 31.0 Å². The first-order chi connectivity index (χ1) is 16.7. The molecule has 188 valence electrons. The molecule has 3 aromatic rings. The van der Waals surface area contributed by atoms with Crippen LogP contribution in [0.4, 0.5) is 11.5 Å². The molecule has 0 aliphatic heterocycles. The molecule has 0 saturated heterocycles. The smallest absolute Gasteiger partial charge is 0.321 e. The van der Waals surface area contributed by atoms with Gasteiger partial charge in [0, 0.05) is 11.8 Å². The van der Waals surface area contributed by atoms with Crippen LogP contribution in [0.15, 0.2) is 64.4 Å². The summed E-state index contributed by atoms with van der Waals surface area (Å²) >= 11 is 0. The number of hydrogen-bond acceptors (Lipinski definition) is 9. The highest BCUT2D eigenvalue weighted by molar-refractivity contribution is 7.93. The lowest BCUT2D eigenvalue weighted by Gasteiger charge is -2.11. The predicted molar refractivity (Wildman–Crippen MR) is 130 cm³/mol. The van der Waals surface area contributed by atoms with Gasteiger partial charge in [-0.3, -0.25) is 9.44 Å². The Hall–Kier alpha value is -3.58. The number of methoxy groups -OCH3 is 2. The fraction of sp³-hybridized carbons (Fsp3) is 0.273. The van der Waals surface area contributed by atoms with Gasteiger partial charge in [-0.05, 0) is 55.0 Å². The Bertz CT molecular complexity index is 1320. The number of nitrogens with one attached hydrogen (secondary N) is 2. The van der Waals surface area contributed by atoms with E-state index in [1.807, 2.05) is 0 Å². The highest BCUT2D eigenvalue weighted by atomic mass is 32.2. The van der Waals surface area contributed by atoms with E-state index in [1.165, 1.54) is 56.7 Å². The van der Waals surface area contributed by atoms with Crippen molar-refractivity contribution in [3.8, 4) is 17.6 Å². The Labute approximate surface area is 204 Å². The molecule has 0 spiro atoms. The van der Waals surface area contributed by atoms with Gasteiger partial charge >= 0.3 is 6.01 Å². The fourth-order valence-electron chi connectivity index (χ4n) is 2.81. The van der Waals surface area contributed by atoms with Crippen LogP contribution in [0.1, 0.15) is 19.8 Å². The molecule has 1 aromatic heterocycles. The molecule has 0 radical (unpaired) electrons. The monoisotopic (exact) mass is 522 g/mol. The van der Waals surface area contributed by atoms with E-state index in [9.17, 15) is 16.8 Å². The quantitative estimate of drug-likeness (QED) is 0.342. The van der Waals surface area contributed by atoms with Gasteiger partial charge in [-0.1, -0.05) is 13.3 Å². The third-order valence-corrected chi connectivity index (χ3v) is 7.40. The van der Waals surface area contributed by atoms with Gasteiger partial charge in [0.25, 0.3) is 20.0 Å². The number of unbranched alkanes of at least 4 members (excludes halogenated alkanes) is 1. The van der Waals surface area contributed by atoms with E-state index in [0.29, 0.717) is 12.4 Å². The van der Waals surface area contributed by atoms with Gasteiger partial charge in [0.2, 0.25) is 5.88 Å². The molecule has 0 atom stereocenters. The maximum Gasteiger partial charge on any atom is 0.321 e. The normalized spacial score (nSPS) is 11.5. The topological polar surface area (TPSA) is 146 Å². The molecule has 35 heavy (non-hydrogen) atoms. The number of hydrogen-bond donors (Lipinski definition) is 2. The number of sulfonamides is 2. The molecule has 2 aromatic carbocycles. The van der Waals surface area contributed by atoms with E-state index in [1.54, 1.807) is 12.1 Å². The number of anilines is 2. The number of benzene rings is 2. The Morgan fingerprint density at radius 1 is 0.800 bits per heavy atom. The fourth-order valence-corrected chi connectivity index (χ4v) is 4.86. The molecule has 3 rings (SSSR count). The number of ether oxygens (including phenoxy) is 3. The standard InChI is InChI=1S/C22H26N4O7S2/c1-4-5-14-33-17-8-12-19(13-9-17)34(27,28)25-16-6-10-18(11-7-16)35(29,30)26-20-15-21(31-2)24-22(23-20)32-3/h6-13,15,25H,4-5,14H2,1-3H3,(H,23,24,26). The third kappa shape index (κ3) is 6.96. The molecule has 0 aliphatic carbocycles. The second-order valence-electron chi connectivity index (χ2n) is 7.19. The molecule has 0 fully saturated rings. The maximum absolute atomic E-state index is 12.7. The van der Waals surface area contributed by atoms with Crippen LogP contribution in [-0.2, 0) is 20.0 Å². The Kier molecular flexibility index (Phi) is 8.35. The molecule has 0 amide bonds. The minimum absolute atomic E-state index is 0.0466. The van der Waals surface area contributed by atoms with Crippen LogP contribution in [0.3, 0.4) is 0 Å². The summed E-state index contributed by atoms with van der Waals surface area (Å²) in [5.41, 5.74) is 0.192. The van der Waals surface area contributed by atoms with E-state index in [2.05, 4.69) is 26.3 Å². The lowest BCUT2D eigenvalue weighted by Crippen LogP contribution is -2.15. The van der Waals surface area contributed by atoms with Crippen LogP contribution in [-0.4, -0.2) is 47.6 Å². The summed E-state index contributed by atoms with van der Waals surface area (Å²) in [6, 6.07) is 12.5. The summed E-state index contributed by atoms with van der Waals surface area (Å²) in [5.74, 6) is 0.638. The van der Waals surface area contributed by atoms with Gasteiger partial charge in [0.1, 0.15) is 5.75 Å². The van der Waals surface area contributed by atoms with E-state index in [-0.39, 0.29) is 33.2 Å². The first-order valence-corrected chi connectivity index (χ1v) is 13.5. The summed E-state index contributed by atoms with van der Waals surface area (Å²) < 4.78 is 71.1. The zero-order valence-corrected chi connectivity index (χ0v) is 21.0. The summed E-state index contributed by atoms with van der Waals surface area (Å²) in [6.07, 6.45) is 1.90. The number of nitrogens with zero attached hydrogens (tertiary/aromatic N) is 2. The van der Waals surface area contributed by atoms with Crippen molar-refractivity contribution in [1.82, 2.24) is 9.97 Å². The highest BCUT2D eigenvalue weighted by Gasteiger charge is 2.18. The third-order valence-electron chi connectivity index (χ3n) is 4.63. The maximum atomic E-state index is 12.7. The number of rotatable bonds is 12. The van der Waals surface area contributed by atoms with Gasteiger partial charge in [-0.2, -0.15) is 9.97 Å². The lowest BCUT2D eigenvalue weighted by molar-refractivity contribution is 0.309. The van der Waals surface area contributed by atoms with Gasteiger partial charge < -0.3 is 14.2 Å². The predicted octanol–water partition coefficient (Wildman–Crippen LogP) is 3.27. The Balaban J connectivity index is 1.71. The van der Waals surface area contributed by atoms with E-state index in [0.717, 1.165) is 12.8 Å². The molecule has 13 heteroatoms. The minimum atomic E-state index is -4.03. The average molecular weight is 523 g/mol. The van der Waals surface area contributed by atoms with Crippen LogP contribution in [0, 0.1) is 0 Å².